The summed E-state index contributed by atoms with van der Waals surface area (Å²) in [5.74, 6) is -1.17. The molecule has 1 saturated heterocycles. The maximum Gasteiger partial charge on any atom is 0.271 e. The van der Waals surface area contributed by atoms with Gasteiger partial charge in [0.15, 0.2) is 0 Å². The SMILES string of the molecule is C=CC(=O)Nc1ccc(CN2CC[C@@H](NC(=O)c3[nH]ncc3NC(=O)c3c(Cl)cccc3Cl)C2)cc1. The van der Waals surface area contributed by atoms with Crippen molar-refractivity contribution >= 4 is 52.3 Å². The van der Waals surface area contributed by atoms with E-state index >= 15 is 0 Å². The van der Waals surface area contributed by atoms with Crippen molar-refractivity contribution in [3.05, 3.63) is 88.2 Å². The van der Waals surface area contributed by atoms with Gasteiger partial charge in [-0.25, -0.2) is 0 Å². The number of rotatable bonds is 8. The summed E-state index contributed by atoms with van der Waals surface area (Å²) < 4.78 is 0. The lowest BCUT2D eigenvalue weighted by Gasteiger charge is -2.17. The first-order valence-electron chi connectivity index (χ1n) is 11.2. The number of likely N-dealkylation sites (tertiary alicyclic amines) is 1. The minimum absolute atomic E-state index is 0.0616. The lowest BCUT2D eigenvalue weighted by atomic mass is 10.2. The van der Waals surface area contributed by atoms with Crippen molar-refractivity contribution in [3.63, 3.8) is 0 Å². The summed E-state index contributed by atoms with van der Waals surface area (Å²) in [6, 6.07) is 12.3. The third-order valence-corrected chi connectivity index (χ3v) is 6.36. The summed E-state index contributed by atoms with van der Waals surface area (Å²) in [4.78, 5) is 39.2. The van der Waals surface area contributed by atoms with E-state index in [1.807, 2.05) is 24.3 Å². The minimum atomic E-state index is -0.539. The van der Waals surface area contributed by atoms with Crippen molar-refractivity contribution in [2.45, 2.75) is 19.0 Å². The topological polar surface area (TPSA) is 119 Å². The molecule has 36 heavy (non-hydrogen) atoms. The molecule has 4 rings (SSSR count). The molecule has 0 bridgehead atoms. The van der Waals surface area contributed by atoms with E-state index in [9.17, 15) is 14.4 Å². The molecular weight excluding hydrogens is 503 g/mol. The van der Waals surface area contributed by atoms with E-state index in [0.717, 1.165) is 18.5 Å². The monoisotopic (exact) mass is 526 g/mol. The molecule has 9 nitrogen and oxygen atoms in total. The standard InChI is InChI=1S/C25H24Cl2N6O3/c1-2-21(34)29-16-8-6-15(7-9-16)13-33-11-10-17(14-33)30-25(36)23-20(12-28-32-23)31-24(35)22-18(26)4-3-5-19(22)27/h2-9,12,17H,1,10-11,13-14H2,(H,28,32)(H,29,34)(H,30,36)(H,31,35)/t17-/m1/s1. The van der Waals surface area contributed by atoms with Crippen molar-refractivity contribution in [1.82, 2.24) is 20.4 Å². The number of amides is 3. The zero-order chi connectivity index (χ0) is 25.7. The molecular formula is C25H24Cl2N6O3. The highest BCUT2D eigenvalue weighted by molar-refractivity contribution is 6.40. The Kier molecular flexibility index (Phi) is 8.04. The molecule has 1 atom stereocenters. The van der Waals surface area contributed by atoms with Crippen molar-refractivity contribution in [3.8, 4) is 0 Å². The van der Waals surface area contributed by atoms with Crippen LogP contribution in [-0.2, 0) is 11.3 Å². The molecule has 11 heteroatoms. The molecule has 186 valence electrons. The molecule has 1 aliphatic rings. The Balaban J connectivity index is 1.32. The van der Waals surface area contributed by atoms with E-state index in [1.165, 1.54) is 12.3 Å². The highest BCUT2D eigenvalue weighted by Crippen LogP contribution is 2.26. The second-order valence-corrected chi connectivity index (χ2v) is 9.11. The summed E-state index contributed by atoms with van der Waals surface area (Å²) >= 11 is 12.2. The second-order valence-electron chi connectivity index (χ2n) is 8.29. The van der Waals surface area contributed by atoms with E-state index in [-0.39, 0.29) is 44.8 Å². The third-order valence-electron chi connectivity index (χ3n) is 5.73. The van der Waals surface area contributed by atoms with Gasteiger partial charge in [-0.2, -0.15) is 5.10 Å². The van der Waals surface area contributed by atoms with Gasteiger partial charge in [0.05, 0.1) is 27.5 Å². The molecule has 3 aromatic rings. The van der Waals surface area contributed by atoms with Gasteiger partial charge in [-0.15, -0.1) is 0 Å². The number of carbonyl (C=O) groups excluding carboxylic acids is 3. The fourth-order valence-electron chi connectivity index (χ4n) is 3.95. The molecule has 0 spiro atoms. The Labute approximate surface area is 217 Å². The van der Waals surface area contributed by atoms with Crippen molar-refractivity contribution in [2.24, 2.45) is 0 Å². The summed E-state index contributed by atoms with van der Waals surface area (Å²) in [7, 11) is 0. The van der Waals surface area contributed by atoms with Crippen molar-refractivity contribution < 1.29 is 14.4 Å². The van der Waals surface area contributed by atoms with Crippen LogP contribution in [0.25, 0.3) is 0 Å². The normalized spacial score (nSPS) is 15.3. The fraction of sp³-hybridized carbons (Fsp3) is 0.200. The average molecular weight is 527 g/mol. The average Bonchev–Trinajstić information content (AvgIpc) is 3.49. The van der Waals surface area contributed by atoms with E-state index in [4.69, 9.17) is 23.2 Å². The van der Waals surface area contributed by atoms with Gasteiger partial charge in [0.25, 0.3) is 11.8 Å². The lowest BCUT2D eigenvalue weighted by molar-refractivity contribution is -0.111. The predicted molar refractivity (Wildman–Crippen MR) is 139 cm³/mol. The molecule has 0 unspecified atom stereocenters. The van der Waals surface area contributed by atoms with E-state index in [1.54, 1.807) is 18.2 Å². The third kappa shape index (κ3) is 6.12. The quantitative estimate of drug-likeness (QED) is 0.329. The van der Waals surface area contributed by atoms with Gasteiger partial charge in [0.1, 0.15) is 5.69 Å². The van der Waals surface area contributed by atoms with E-state index < -0.39 is 5.91 Å². The highest BCUT2D eigenvalue weighted by Gasteiger charge is 2.26. The lowest BCUT2D eigenvalue weighted by Crippen LogP contribution is -2.37. The van der Waals surface area contributed by atoms with Crippen LogP contribution in [0.15, 0.2) is 61.3 Å². The Morgan fingerprint density at radius 3 is 2.50 bits per heavy atom. The predicted octanol–water partition coefficient (Wildman–Crippen LogP) is 4.10. The molecule has 4 N–H and O–H groups in total. The first-order valence-corrected chi connectivity index (χ1v) is 11.9. The number of aromatic amines is 1. The molecule has 1 fully saturated rings. The number of nitrogens with zero attached hydrogens (tertiary/aromatic N) is 2. The summed E-state index contributed by atoms with van der Waals surface area (Å²) in [5.41, 5.74) is 2.29. The first kappa shape index (κ1) is 25.4. The number of anilines is 2. The van der Waals surface area contributed by atoms with Crippen LogP contribution in [0.1, 0.15) is 32.8 Å². The second kappa shape index (κ2) is 11.4. The molecule has 1 aromatic heterocycles. The minimum Gasteiger partial charge on any atom is -0.347 e. The Morgan fingerprint density at radius 1 is 1.08 bits per heavy atom. The number of halogens is 2. The zero-order valence-electron chi connectivity index (χ0n) is 19.2. The van der Waals surface area contributed by atoms with Crippen LogP contribution in [0.3, 0.4) is 0 Å². The molecule has 0 radical (unpaired) electrons. The van der Waals surface area contributed by atoms with Crippen LogP contribution in [0, 0.1) is 0 Å². The van der Waals surface area contributed by atoms with Gasteiger partial charge in [-0.1, -0.05) is 48.0 Å². The maximum absolute atomic E-state index is 12.9. The first-order chi connectivity index (χ1) is 17.3. The van der Waals surface area contributed by atoms with Crippen LogP contribution in [0.5, 0.6) is 0 Å². The number of carbonyl (C=O) groups is 3. The molecule has 2 aromatic carbocycles. The van der Waals surface area contributed by atoms with Crippen molar-refractivity contribution in [1.29, 1.82) is 0 Å². The van der Waals surface area contributed by atoms with Gasteiger partial charge in [-0.3, -0.25) is 24.4 Å². The van der Waals surface area contributed by atoms with Crippen molar-refractivity contribution in [2.75, 3.05) is 23.7 Å². The highest BCUT2D eigenvalue weighted by atomic mass is 35.5. The largest absolute Gasteiger partial charge is 0.347 e. The molecule has 1 aliphatic heterocycles. The fourth-order valence-corrected chi connectivity index (χ4v) is 4.52. The van der Waals surface area contributed by atoms with Crippen LogP contribution >= 0.6 is 23.2 Å². The maximum atomic E-state index is 12.9. The Bertz CT molecular complexity index is 1270. The number of aromatic nitrogens is 2. The number of nitrogens with one attached hydrogen (secondary N) is 4. The summed E-state index contributed by atoms with van der Waals surface area (Å²) in [6.45, 7) is 5.64. The zero-order valence-corrected chi connectivity index (χ0v) is 20.7. The molecule has 0 saturated carbocycles. The van der Waals surface area contributed by atoms with Gasteiger partial charge >= 0.3 is 0 Å². The van der Waals surface area contributed by atoms with E-state index in [0.29, 0.717) is 18.8 Å². The van der Waals surface area contributed by atoms with E-state index in [2.05, 4.69) is 37.6 Å². The van der Waals surface area contributed by atoms with Crippen LogP contribution in [0.4, 0.5) is 11.4 Å². The summed E-state index contributed by atoms with van der Waals surface area (Å²) in [5, 5.41) is 15.3. The number of H-pyrrole nitrogens is 1. The van der Waals surface area contributed by atoms with Gasteiger partial charge in [0, 0.05) is 31.4 Å². The number of benzene rings is 2. The van der Waals surface area contributed by atoms with Crippen LogP contribution < -0.4 is 16.0 Å². The molecule has 3 amide bonds. The van der Waals surface area contributed by atoms with Gasteiger partial charge in [0.2, 0.25) is 5.91 Å². The Morgan fingerprint density at radius 2 is 1.81 bits per heavy atom. The van der Waals surface area contributed by atoms with Crippen LogP contribution in [0.2, 0.25) is 10.0 Å². The van der Waals surface area contributed by atoms with Gasteiger partial charge in [-0.05, 0) is 42.3 Å². The Hall–Kier alpha value is -3.66. The van der Waals surface area contributed by atoms with Gasteiger partial charge < -0.3 is 16.0 Å². The number of hydrogen-bond acceptors (Lipinski definition) is 5. The smallest absolute Gasteiger partial charge is 0.271 e. The molecule has 0 aliphatic carbocycles. The number of hydrogen-bond donors (Lipinski definition) is 4. The summed E-state index contributed by atoms with van der Waals surface area (Å²) in [6.07, 6.45) is 3.37. The van der Waals surface area contributed by atoms with Crippen LogP contribution in [-0.4, -0.2) is 52.0 Å². The molecule has 2 heterocycles.